The standard InChI is InChI=1S/C40H33F3N4O3/c1-2-49-35(48)24-30(45-36(27-12-6-3-7-13-27)28-14-8-4-9-15-28)23-26-18-20-32-29(22-26)19-21-33-37(32)46-50-38(33)34-25-44-47(39(34)40(41,42)43)31-16-10-5-11-17-31/h3-18,20,22,25,30H,2,19,21,23-24H2,1H3. The lowest BCUT2D eigenvalue weighted by molar-refractivity contribution is -0.143. The predicted octanol–water partition coefficient (Wildman–Crippen LogP) is 8.71. The Hall–Kier alpha value is -5.77. The number of carbonyl (C=O) groups excluding carboxylic acids is 1. The van der Waals surface area contributed by atoms with Crippen LogP contribution in [0.4, 0.5) is 13.2 Å². The first-order valence-corrected chi connectivity index (χ1v) is 16.5. The average molecular weight is 675 g/mol. The Kier molecular flexibility index (Phi) is 9.17. The molecule has 2 aromatic heterocycles. The number of nitrogens with zero attached hydrogens (tertiary/aromatic N) is 4. The third kappa shape index (κ3) is 6.74. The number of fused-ring (bicyclic) bond motifs is 3. The molecule has 1 atom stereocenters. The zero-order valence-corrected chi connectivity index (χ0v) is 27.2. The van der Waals surface area contributed by atoms with Gasteiger partial charge in [-0.1, -0.05) is 102 Å². The number of hydrogen-bond donors (Lipinski definition) is 0. The van der Waals surface area contributed by atoms with Crippen LogP contribution in [0.2, 0.25) is 0 Å². The van der Waals surface area contributed by atoms with Gasteiger partial charge in [-0.15, -0.1) is 0 Å². The molecule has 0 fully saturated rings. The van der Waals surface area contributed by atoms with E-state index in [0.29, 0.717) is 36.2 Å². The van der Waals surface area contributed by atoms with Crippen molar-refractivity contribution in [2.75, 3.05) is 6.61 Å². The van der Waals surface area contributed by atoms with E-state index >= 15 is 0 Å². The lowest BCUT2D eigenvalue weighted by Gasteiger charge is -2.19. The third-order valence-electron chi connectivity index (χ3n) is 8.73. The summed E-state index contributed by atoms with van der Waals surface area (Å²) in [6.07, 6.45) is -1.91. The molecule has 0 aliphatic heterocycles. The molecule has 0 spiro atoms. The van der Waals surface area contributed by atoms with Gasteiger partial charge in [0.1, 0.15) is 5.69 Å². The van der Waals surface area contributed by atoms with Gasteiger partial charge >= 0.3 is 12.1 Å². The molecule has 0 saturated carbocycles. The van der Waals surface area contributed by atoms with Crippen molar-refractivity contribution in [2.45, 2.75) is 44.8 Å². The molecule has 0 radical (unpaired) electrons. The highest BCUT2D eigenvalue weighted by molar-refractivity contribution is 6.13. The molecular formula is C40H33F3N4O3. The normalized spacial score (nSPS) is 12.9. The number of ether oxygens (including phenoxy) is 1. The van der Waals surface area contributed by atoms with Crippen molar-refractivity contribution in [1.29, 1.82) is 0 Å². The van der Waals surface area contributed by atoms with Gasteiger partial charge in [0, 0.05) is 22.3 Å². The molecule has 1 aliphatic rings. The summed E-state index contributed by atoms with van der Waals surface area (Å²) in [6, 6.07) is 33.5. The lowest BCUT2D eigenvalue weighted by Crippen LogP contribution is -2.20. The zero-order chi connectivity index (χ0) is 34.7. The van der Waals surface area contributed by atoms with E-state index in [9.17, 15) is 18.0 Å². The minimum atomic E-state index is -4.69. The fourth-order valence-electron chi connectivity index (χ4n) is 6.53. The SMILES string of the molecule is CCOC(=O)CC(Cc1ccc2c(c1)CCc1c-2noc1-c1cnn(-c2ccccc2)c1C(F)(F)F)N=C(c1ccccc1)c1ccccc1. The minimum absolute atomic E-state index is 0.0717. The number of rotatable bonds is 10. The first kappa shape index (κ1) is 32.8. The highest BCUT2D eigenvalue weighted by Crippen LogP contribution is 2.44. The topological polar surface area (TPSA) is 82.5 Å². The number of para-hydroxylation sites is 1. The molecule has 7 nitrogen and oxygen atoms in total. The van der Waals surface area contributed by atoms with Crippen LogP contribution < -0.4 is 0 Å². The Morgan fingerprint density at radius 3 is 2.20 bits per heavy atom. The summed E-state index contributed by atoms with van der Waals surface area (Å²) in [4.78, 5) is 17.9. The number of hydrogen-bond acceptors (Lipinski definition) is 6. The van der Waals surface area contributed by atoms with Gasteiger partial charge in [0.25, 0.3) is 0 Å². The smallest absolute Gasteiger partial charge is 0.434 e. The lowest BCUT2D eigenvalue weighted by atomic mass is 9.86. The predicted molar refractivity (Wildman–Crippen MR) is 184 cm³/mol. The van der Waals surface area contributed by atoms with Crippen molar-refractivity contribution in [3.05, 3.63) is 149 Å². The maximum absolute atomic E-state index is 14.5. The number of aryl methyl sites for hydroxylation is 1. The molecule has 0 bridgehead atoms. The molecule has 2 heterocycles. The highest BCUT2D eigenvalue weighted by Gasteiger charge is 2.41. The largest absolute Gasteiger partial charge is 0.466 e. The second kappa shape index (κ2) is 14.0. The van der Waals surface area contributed by atoms with Gasteiger partial charge in [-0.3, -0.25) is 9.79 Å². The van der Waals surface area contributed by atoms with Gasteiger partial charge in [0.2, 0.25) is 0 Å². The fourth-order valence-corrected chi connectivity index (χ4v) is 6.53. The summed E-state index contributed by atoms with van der Waals surface area (Å²) in [6.45, 7) is 2.06. The number of carbonyl (C=O) groups is 1. The van der Waals surface area contributed by atoms with Crippen molar-refractivity contribution in [3.8, 4) is 28.3 Å². The molecule has 1 unspecified atom stereocenters. The summed E-state index contributed by atoms with van der Waals surface area (Å²) in [5, 5.41) is 8.37. The molecule has 252 valence electrons. The van der Waals surface area contributed by atoms with Gasteiger partial charge in [-0.25, -0.2) is 4.68 Å². The van der Waals surface area contributed by atoms with Crippen molar-refractivity contribution in [3.63, 3.8) is 0 Å². The molecule has 0 saturated heterocycles. The van der Waals surface area contributed by atoms with E-state index < -0.39 is 17.9 Å². The Morgan fingerprint density at radius 1 is 0.900 bits per heavy atom. The van der Waals surface area contributed by atoms with Crippen LogP contribution in [0.25, 0.3) is 28.3 Å². The minimum Gasteiger partial charge on any atom is -0.466 e. The Labute approximate surface area is 287 Å². The number of halogens is 3. The molecular weight excluding hydrogens is 641 g/mol. The van der Waals surface area contributed by atoms with E-state index in [1.165, 1.54) is 6.20 Å². The second-order valence-corrected chi connectivity index (χ2v) is 12.1. The van der Waals surface area contributed by atoms with Crippen LogP contribution in [0.5, 0.6) is 0 Å². The van der Waals surface area contributed by atoms with E-state index in [4.69, 9.17) is 14.3 Å². The summed E-state index contributed by atoms with van der Waals surface area (Å²) in [5.41, 5.74) is 5.79. The first-order valence-electron chi connectivity index (χ1n) is 16.5. The second-order valence-electron chi connectivity index (χ2n) is 12.1. The molecule has 50 heavy (non-hydrogen) atoms. The van der Waals surface area contributed by atoms with Crippen LogP contribution in [-0.4, -0.2) is 39.3 Å². The summed E-state index contributed by atoms with van der Waals surface area (Å²) < 4.78 is 55.3. The summed E-state index contributed by atoms with van der Waals surface area (Å²) in [5.74, 6) is -0.254. The molecule has 6 aromatic rings. The van der Waals surface area contributed by atoms with Gasteiger partial charge in [-0.05, 0) is 49.4 Å². The van der Waals surface area contributed by atoms with E-state index in [-0.39, 0.29) is 30.3 Å². The van der Waals surface area contributed by atoms with E-state index in [1.54, 1.807) is 37.3 Å². The van der Waals surface area contributed by atoms with Crippen LogP contribution in [0.3, 0.4) is 0 Å². The monoisotopic (exact) mass is 674 g/mol. The average Bonchev–Trinajstić information content (AvgIpc) is 3.77. The molecule has 0 amide bonds. The number of benzene rings is 4. The van der Waals surface area contributed by atoms with Crippen molar-refractivity contribution in [2.24, 2.45) is 4.99 Å². The number of alkyl halides is 3. The van der Waals surface area contributed by atoms with Crippen LogP contribution in [-0.2, 0) is 35.0 Å². The van der Waals surface area contributed by atoms with E-state index in [0.717, 1.165) is 38.2 Å². The summed E-state index contributed by atoms with van der Waals surface area (Å²) >= 11 is 0. The van der Waals surface area contributed by atoms with Crippen LogP contribution in [0.1, 0.15) is 46.9 Å². The number of aliphatic imine (C=N–C) groups is 1. The quantitative estimate of drug-likeness (QED) is 0.107. The van der Waals surface area contributed by atoms with Gasteiger partial charge in [-0.2, -0.15) is 18.3 Å². The van der Waals surface area contributed by atoms with Crippen LogP contribution in [0, 0.1) is 0 Å². The van der Waals surface area contributed by atoms with Crippen molar-refractivity contribution in [1.82, 2.24) is 14.9 Å². The molecule has 4 aromatic carbocycles. The van der Waals surface area contributed by atoms with Gasteiger partial charge in [0.15, 0.2) is 11.5 Å². The van der Waals surface area contributed by atoms with Crippen molar-refractivity contribution >= 4 is 11.7 Å². The Balaban J connectivity index is 1.22. The van der Waals surface area contributed by atoms with Gasteiger partial charge in [0.05, 0.1) is 42.2 Å². The number of aromatic nitrogens is 3. The molecule has 10 heteroatoms. The highest BCUT2D eigenvalue weighted by atomic mass is 19.4. The summed E-state index contributed by atoms with van der Waals surface area (Å²) in [7, 11) is 0. The maximum Gasteiger partial charge on any atom is 0.434 e. The zero-order valence-electron chi connectivity index (χ0n) is 27.2. The maximum atomic E-state index is 14.5. The van der Waals surface area contributed by atoms with Crippen LogP contribution >= 0.6 is 0 Å². The molecule has 7 rings (SSSR count). The Morgan fingerprint density at radius 2 is 1.56 bits per heavy atom. The molecule has 1 aliphatic carbocycles. The van der Waals surface area contributed by atoms with E-state index in [2.05, 4.69) is 16.3 Å². The van der Waals surface area contributed by atoms with Gasteiger partial charge < -0.3 is 9.26 Å². The van der Waals surface area contributed by atoms with Crippen molar-refractivity contribution < 1.29 is 27.2 Å². The number of esters is 1. The Bertz CT molecular complexity index is 2100. The van der Waals surface area contributed by atoms with Crippen LogP contribution in [0.15, 0.2) is 125 Å². The third-order valence-corrected chi connectivity index (χ3v) is 8.73. The fraction of sp³-hybridized carbons (Fsp3) is 0.200. The first-order chi connectivity index (χ1) is 24.3. The molecule has 0 N–H and O–H groups in total. The van der Waals surface area contributed by atoms with E-state index in [1.807, 2.05) is 72.8 Å².